The zero-order valence-electron chi connectivity index (χ0n) is 10.1. The fraction of sp³-hybridized carbons (Fsp3) is 0.462. The van der Waals surface area contributed by atoms with Crippen LogP contribution in [0.4, 0.5) is 0 Å². The number of hydroxylamine groups is 1. The molecule has 4 nitrogen and oxygen atoms in total. The van der Waals surface area contributed by atoms with Crippen molar-refractivity contribution in [1.29, 1.82) is 0 Å². The molecule has 1 amide bonds. The van der Waals surface area contributed by atoms with Crippen molar-refractivity contribution in [3.05, 3.63) is 34.3 Å². The van der Waals surface area contributed by atoms with E-state index in [1.807, 2.05) is 24.3 Å². The predicted octanol–water partition coefficient (Wildman–Crippen LogP) is 1.79. The highest BCUT2D eigenvalue weighted by Crippen LogP contribution is 2.11. The Balaban J connectivity index is 1.73. The van der Waals surface area contributed by atoms with Crippen LogP contribution < -0.4 is 10.8 Å². The third-order valence-corrected chi connectivity index (χ3v) is 3.40. The van der Waals surface area contributed by atoms with Gasteiger partial charge in [0.2, 0.25) is 5.91 Å². The number of hydrogen-bond donors (Lipinski definition) is 2. The van der Waals surface area contributed by atoms with E-state index in [-0.39, 0.29) is 12.0 Å². The van der Waals surface area contributed by atoms with Gasteiger partial charge in [0.15, 0.2) is 0 Å². The maximum atomic E-state index is 11.7. The normalized spacial score (nSPS) is 19.5. The predicted molar refractivity (Wildman–Crippen MR) is 73.0 cm³/mol. The van der Waals surface area contributed by atoms with Gasteiger partial charge in [-0.3, -0.25) is 9.63 Å². The average Bonchev–Trinajstić information content (AvgIpc) is 2.40. The van der Waals surface area contributed by atoms with Crippen molar-refractivity contribution in [3.8, 4) is 0 Å². The number of amides is 1. The second-order valence-corrected chi connectivity index (χ2v) is 5.33. The first-order valence-electron chi connectivity index (χ1n) is 6.14. The highest BCUT2D eigenvalue weighted by atomic mass is 79.9. The summed E-state index contributed by atoms with van der Waals surface area (Å²) in [6.07, 6.45) is 2.51. The second-order valence-electron chi connectivity index (χ2n) is 4.41. The van der Waals surface area contributed by atoms with Crippen LogP contribution in [0.25, 0.3) is 0 Å². The maximum Gasteiger partial charge on any atom is 0.247 e. The van der Waals surface area contributed by atoms with Crippen LogP contribution in [-0.2, 0) is 16.1 Å². The standard InChI is InChI=1S/C13H17BrN2O2/c14-11-5-3-10(4-6-11)8-13(17)16-18-12-2-1-7-15-9-12/h3-6,12,15H,1-2,7-9H2,(H,16,17). The number of carbonyl (C=O) groups excluding carboxylic acids is 1. The van der Waals surface area contributed by atoms with E-state index in [4.69, 9.17) is 4.84 Å². The fourth-order valence-corrected chi connectivity index (χ4v) is 2.16. The molecule has 98 valence electrons. The molecular formula is C13H17BrN2O2. The molecule has 1 unspecified atom stereocenters. The minimum absolute atomic E-state index is 0.0904. The molecule has 5 heteroatoms. The Morgan fingerprint density at radius 1 is 1.44 bits per heavy atom. The number of carbonyl (C=O) groups is 1. The first kappa shape index (κ1) is 13.5. The third-order valence-electron chi connectivity index (χ3n) is 2.87. The minimum Gasteiger partial charge on any atom is -0.314 e. The van der Waals surface area contributed by atoms with Gasteiger partial charge < -0.3 is 5.32 Å². The Morgan fingerprint density at radius 2 is 2.22 bits per heavy atom. The lowest BCUT2D eigenvalue weighted by Crippen LogP contribution is -2.40. The average molecular weight is 313 g/mol. The summed E-state index contributed by atoms with van der Waals surface area (Å²) < 4.78 is 1.01. The molecule has 1 aromatic rings. The van der Waals surface area contributed by atoms with Crippen LogP contribution in [0.1, 0.15) is 18.4 Å². The van der Waals surface area contributed by atoms with E-state index in [9.17, 15) is 4.79 Å². The van der Waals surface area contributed by atoms with Gasteiger partial charge in [-0.2, -0.15) is 0 Å². The molecule has 0 aliphatic carbocycles. The molecule has 1 fully saturated rings. The van der Waals surface area contributed by atoms with Crippen LogP contribution in [0.2, 0.25) is 0 Å². The molecule has 18 heavy (non-hydrogen) atoms. The second kappa shape index (κ2) is 6.87. The van der Waals surface area contributed by atoms with Crippen molar-refractivity contribution >= 4 is 21.8 Å². The van der Waals surface area contributed by atoms with E-state index in [0.717, 1.165) is 36.0 Å². The monoisotopic (exact) mass is 312 g/mol. The molecule has 1 atom stereocenters. The van der Waals surface area contributed by atoms with Crippen LogP contribution in [0.15, 0.2) is 28.7 Å². The molecule has 0 saturated carbocycles. The lowest BCUT2D eigenvalue weighted by Gasteiger charge is -2.22. The van der Waals surface area contributed by atoms with Crippen molar-refractivity contribution < 1.29 is 9.63 Å². The number of nitrogens with one attached hydrogen (secondary N) is 2. The molecule has 1 aliphatic heterocycles. The summed E-state index contributed by atoms with van der Waals surface area (Å²) in [6.45, 7) is 1.84. The van der Waals surface area contributed by atoms with Gasteiger partial charge in [-0.1, -0.05) is 28.1 Å². The Morgan fingerprint density at radius 3 is 2.89 bits per heavy atom. The first-order valence-corrected chi connectivity index (χ1v) is 6.93. The van der Waals surface area contributed by atoms with Crippen molar-refractivity contribution in [2.45, 2.75) is 25.4 Å². The number of hydrogen-bond acceptors (Lipinski definition) is 3. The van der Waals surface area contributed by atoms with E-state index >= 15 is 0 Å². The van der Waals surface area contributed by atoms with E-state index in [0.29, 0.717) is 6.42 Å². The van der Waals surface area contributed by atoms with Crippen molar-refractivity contribution in [2.24, 2.45) is 0 Å². The first-order chi connectivity index (χ1) is 8.74. The van der Waals surface area contributed by atoms with Gasteiger partial charge in [0.1, 0.15) is 0 Å². The van der Waals surface area contributed by atoms with Crippen molar-refractivity contribution in [2.75, 3.05) is 13.1 Å². The summed E-state index contributed by atoms with van der Waals surface area (Å²) in [5.74, 6) is -0.108. The molecule has 2 N–H and O–H groups in total. The lowest BCUT2D eigenvalue weighted by molar-refractivity contribution is -0.138. The minimum atomic E-state index is -0.108. The lowest BCUT2D eigenvalue weighted by atomic mass is 10.1. The largest absolute Gasteiger partial charge is 0.314 e. The summed E-state index contributed by atoms with van der Waals surface area (Å²) >= 11 is 3.36. The Hall–Kier alpha value is -0.910. The number of piperidine rings is 1. The number of rotatable bonds is 4. The Bertz CT molecular complexity index is 388. The number of halogens is 1. The summed E-state index contributed by atoms with van der Waals surface area (Å²) in [6, 6.07) is 7.70. The molecule has 0 radical (unpaired) electrons. The molecule has 1 saturated heterocycles. The van der Waals surface area contributed by atoms with E-state index in [1.54, 1.807) is 0 Å². The van der Waals surface area contributed by atoms with Crippen molar-refractivity contribution in [1.82, 2.24) is 10.8 Å². The molecule has 1 aliphatic rings. The summed E-state index contributed by atoms with van der Waals surface area (Å²) in [7, 11) is 0. The van der Waals surface area contributed by atoms with E-state index in [2.05, 4.69) is 26.7 Å². The summed E-state index contributed by atoms with van der Waals surface area (Å²) in [5.41, 5.74) is 3.50. The quantitative estimate of drug-likeness (QED) is 0.833. The molecular weight excluding hydrogens is 296 g/mol. The fourth-order valence-electron chi connectivity index (χ4n) is 1.89. The number of benzene rings is 1. The third kappa shape index (κ3) is 4.40. The zero-order chi connectivity index (χ0) is 12.8. The van der Waals surface area contributed by atoms with Crippen LogP contribution in [-0.4, -0.2) is 25.1 Å². The van der Waals surface area contributed by atoms with Gasteiger partial charge in [0.25, 0.3) is 0 Å². The maximum absolute atomic E-state index is 11.7. The Kier molecular flexibility index (Phi) is 5.16. The van der Waals surface area contributed by atoms with Crippen molar-refractivity contribution in [3.63, 3.8) is 0 Å². The van der Waals surface area contributed by atoms with E-state index < -0.39 is 0 Å². The van der Waals surface area contributed by atoms with Gasteiger partial charge in [0, 0.05) is 11.0 Å². The topological polar surface area (TPSA) is 50.4 Å². The van der Waals surface area contributed by atoms with Crippen LogP contribution >= 0.6 is 15.9 Å². The van der Waals surface area contributed by atoms with Crippen LogP contribution in [0.5, 0.6) is 0 Å². The highest BCUT2D eigenvalue weighted by molar-refractivity contribution is 9.10. The van der Waals surface area contributed by atoms with Gasteiger partial charge in [-0.15, -0.1) is 0 Å². The van der Waals surface area contributed by atoms with E-state index in [1.165, 1.54) is 0 Å². The summed E-state index contributed by atoms with van der Waals surface area (Å²) in [5, 5.41) is 3.23. The van der Waals surface area contributed by atoms with Gasteiger partial charge in [-0.05, 0) is 37.1 Å². The highest BCUT2D eigenvalue weighted by Gasteiger charge is 2.14. The van der Waals surface area contributed by atoms with Crippen LogP contribution in [0, 0.1) is 0 Å². The molecule has 1 aromatic carbocycles. The molecule has 0 spiro atoms. The molecule has 0 bridgehead atoms. The Labute approximate surface area is 115 Å². The van der Waals surface area contributed by atoms with Crippen LogP contribution in [0.3, 0.4) is 0 Å². The SMILES string of the molecule is O=C(Cc1ccc(Br)cc1)NOC1CCCNC1. The molecule has 1 heterocycles. The summed E-state index contributed by atoms with van der Waals surface area (Å²) in [4.78, 5) is 17.0. The molecule has 0 aromatic heterocycles. The van der Waals surface area contributed by atoms with Gasteiger partial charge >= 0.3 is 0 Å². The van der Waals surface area contributed by atoms with Gasteiger partial charge in [0.05, 0.1) is 12.5 Å². The van der Waals surface area contributed by atoms with Gasteiger partial charge in [-0.25, -0.2) is 5.48 Å². The zero-order valence-corrected chi connectivity index (χ0v) is 11.7. The molecule has 2 rings (SSSR count). The smallest absolute Gasteiger partial charge is 0.247 e.